The fourth-order valence-corrected chi connectivity index (χ4v) is 1.79. The Morgan fingerprint density at radius 1 is 1.05 bits per heavy atom. The molecule has 0 aliphatic rings. The van der Waals surface area contributed by atoms with Crippen molar-refractivity contribution in [3.8, 4) is 11.5 Å². The minimum Gasteiger partial charge on any atom is -0.497 e. The zero-order chi connectivity index (χ0) is 15.9. The van der Waals surface area contributed by atoms with Gasteiger partial charge < -0.3 is 14.8 Å². The highest BCUT2D eigenvalue weighted by molar-refractivity contribution is 5.94. The van der Waals surface area contributed by atoms with E-state index in [0.717, 1.165) is 12.1 Å². The van der Waals surface area contributed by atoms with Crippen molar-refractivity contribution in [2.24, 2.45) is 0 Å². The van der Waals surface area contributed by atoms with Gasteiger partial charge in [0.25, 0.3) is 5.91 Å². The second kappa shape index (κ2) is 7.40. The van der Waals surface area contributed by atoms with Crippen molar-refractivity contribution < 1.29 is 23.0 Å². The van der Waals surface area contributed by atoms with E-state index in [1.807, 2.05) is 0 Å². The molecule has 0 aliphatic heterocycles. The van der Waals surface area contributed by atoms with Crippen LogP contribution in [0.2, 0.25) is 0 Å². The number of hydrogen-bond acceptors (Lipinski definition) is 3. The zero-order valence-electron chi connectivity index (χ0n) is 11.9. The van der Waals surface area contributed by atoms with E-state index < -0.39 is 17.5 Å². The summed E-state index contributed by atoms with van der Waals surface area (Å²) in [6.07, 6.45) is 0. The molecule has 1 N–H and O–H groups in total. The number of carbonyl (C=O) groups excluding carboxylic acids is 1. The van der Waals surface area contributed by atoms with E-state index >= 15 is 0 Å². The summed E-state index contributed by atoms with van der Waals surface area (Å²) in [5, 5.41) is 2.52. The average Bonchev–Trinajstić information content (AvgIpc) is 2.51. The smallest absolute Gasteiger partial charge is 0.251 e. The Hall–Kier alpha value is -2.63. The van der Waals surface area contributed by atoms with E-state index in [4.69, 9.17) is 9.47 Å². The first-order valence-electron chi connectivity index (χ1n) is 6.59. The first-order valence-corrected chi connectivity index (χ1v) is 6.59. The molecule has 0 aliphatic carbocycles. The second-order valence-corrected chi connectivity index (χ2v) is 4.44. The molecular formula is C16H15F2NO3. The molecule has 0 unspecified atom stereocenters. The third kappa shape index (κ3) is 4.44. The zero-order valence-corrected chi connectivity index (χ0v) is 11.9. The molecule has 0 saturated carbocycles. The molecule has 22 heavy (non-hydrogen) atoms. The minimum absolute atomic E-state index is 0.0676. The SMILES string of the molecule is COc1ccc(OCCNC(=O)c2cc(F)cc(F)c2)cc1. The number of rotatable bonds is 6. The van der Waals surface area contributed by atoms with Gasteiger partial charge in [0.1, 0.15) is 29.7 Å². The molecule has 116 valence electrons. The lowest BCUT2D eigenvalue weighted by Gasteiger charge is -2.08. The van der Waals surface area contributed by atoms with Gasteiger partial charge in [-0.15, -0.1) is 0 Å². The van der Waals surface area contributed by atoms with Crippen LogP contribution in [0.15, 0.2) is 42.5 Å². The fraction of sp³-hybridized carbons (Fsp3) is 0.188. The van der Waals surface area contributed by atoms with Gasteiger partial charge in [-0.3, -0.25) is 4.79 Å². The van der Waals surface area contributed by atoms with Crippen LogP contribution in [0.25, 0.3) is 0 Å². The first kappa shape index (κ1) is 15.8. The lowest BCUT2D eigenvalue weighted by molar-refractivity contribution is 0.0946. The van der Waals surface area contributed by atoms with Gasteiger partial charge in [0.15, 0.2) is 0 Å². The number of amides is 1. The third-order valence-electron chi connectivity index (χ3n) is 2.84. The van der Waals surface area contributed by atoms with Crippen LogP contribution < -0.4 is 14.8 Å². The summed E-state index contributed by atoms with van der Waals surface area (Å²) in [6.45, 7) is 0.443. The largest absolute Gasteiger partial charge is 0.497 e. The molecule has 1 amide bonds. The first-order chi connectivity index (χ1) is 10.6. The van der Waals surface area contributed by atoms with E-state index in [0.29, 0.717) is 17.6 Å². The van der Waals surface area contributed by atoms with E-state index in [-0.39, 0.29) is 18.7 Å². The standard InChI is InChI=1S/C16H15F2NO3/c1-21-14-2-4-15(5-3-14)22-7-6-19-16(20)11-8-12(17)10-13(18)9-11/h2-5,8-10H,6-7H2,1H3,(H,19,20). The molecule has 0 heterocycles. The van der Waals surface area contributed by atoms with Crippen molar-refractivity contribution in [3.05, 3.63) is 59.7 Å². The number of hydrogen-bond donors (Lipinski definition) is 1. The van der Waals surface area contributed by atoms with E-state index in [9.17, 15) is 13.6 Å². The quantitative estimate of drug-likeness (QED) is 0.835. The van der Waals surface area contributed by atoms with Crippen LogP contribution >= 0.6 is 0 Å². The Morgan fingerprint density at radius 3 is 2.23 bits per heavy atom. The predicted molar refractivity (Wildman–Crippen MR) is 77.2 cm³/mol. The Balaban J connectivity index is 1.79. The maximum absolute atomic E-state index is 13.0. The van der Waals surface area contributed by atoms with Gasteiger partial charge >= 0.3 is 0 Å². The van der Waals surface area contributed by atoms with Crippen LogP contribution in [0.1, 0.15) is 10.4 Å². The lowest BCUT2D eigenvalue weighted by Crippen LogP contribution is -2.28. The van der Waals surface area contributed by atoms with Gasteiger partial charge in [-0.05, 0) is 36.4 Å². The van der Waals surface area contributed by atoms with E-state index in [1.54, 1.807) is 31.4 Å². The van der Waals surface area contributed by atoms with Crippen molar-refractivity contribution in [2.75, 3.05) is 20.3 Å². The third-order valence-corrected chi connectivity index (χ3v) is 2.84. The van der Waals surface area contributed by atoms with Crippen molar-refractivity contribution in [1.82, 2.24) is 5.32 Å². The highest BCUT2D eigenvalue weighted by Crippen LogP contribution is 2.16. The van der Waals surface area contributed by atoms with Gasteiger partial charge in [0.2, 0.25) is 0 Å². The molecule has 0 spiro atoms. The predicted octanol–water partition coefficient (Wildman–Crippen LogP) is 2.78. The number of methoxy groups -OCH3 is 1. The maximum atomic E-state index is 13.0. The van der Waals surface area contributed by atoms with Crippen LogP contribution in [0.3, 0.4) is 0 Å². The van der Waals surface area contributed by atoms with Crippen LogP contribution in [0, 0.1) is 11.6 Å². The molecule has 0 radical (unpaired) electrons. The Kier molecular flexibility index (Phi) is 5.30. The molecule has 2 aromatic carbocycles. The monoisotopic (exact) mass is 307 g/mol. The Labute approximate surface area is 126 Å². The molecule has 4 nitrogen and oxygen atoms in total. The molecule has 2 rings (SSSR count). The lowest BCUT2D eigenvalue weighted by atomic mass is 10.2. The molecular weight excluding hydrogens is 292 g/mol. The summed E-state index contributed by atoms with van der Waals surface area (Å²) in [5.41, 5.74) is -0.0676. The van der Waals surface area contributed by atoms with Crippen LogP contribution in [-0.2, 0) is 0 Å². The topological polar surface area (TPSA) is 47.6 Å². The summed E-state index contributed by atoms with van der Waals surface area (Å²) >= 11 is 0. The number of carbonyl (C=O) groups is 1. The number of benzene rings is 2. The molecule has 0 aromatic heterocycles. The van der Waals surface area contributed by atoms with Gasteiger partial charge in [0, 0.05) is 11.6 Å². The van der Waals surface area contributed by atoms with Crippen molar-refractivity contribution in [3.63, 3.8) is 0 Å². The summed E-state index contributed by atoms with van der Waals surface area (Å²) in [5.74, 6) is -0.795. The van der Waals surface area contributed by atoms with E-state index in [2.05, 4.69) is 5.32 Å². The molecule has 6 heteroatoms. The summed E-state index contributed by atoms with van der Waals surface area (Å²) in [4.78, 5) is 11.7. The molecule has 0 atom stereocenters. The van der Waals surface area contributed by atoms with Crippen molar-refractivity contribution >= 4 is 5.91 Å². The van der Waals surface area contributed by atoms with Crippen LogP contribution in [0.4, 0.5) is 8.78 Å². The van der Waals surface area contributed by atoms with Gasteiger partial charge in [-0.2, -0.15) is 0 Å². The van der Waals surface area contributed by atoms with Crippen LogP contribution in [0.5, 0.6) is 11.5 Å². The minimum atomic E-state index is -0.792. The number of halogens is 2. The molecule has 0 saturated heterocycles. The van der Waals surface area contributed by atoms with Gasteiger partial charge in [-0.1, -0.05) is 0 Å². The maximum Gasteiger partial charge on any atom is 0.251 e. The Bertz CT molecular complexity index is 624. The summed E-state index contributed by atoms with van der Waals surface area (Å²) in [6, 6.07) is 9.65. The average molecular weight is 307 g/mol. The van der Waals surface area contributed by atoms with Gasteiger partial charge in [0.05, 0.1) is 13.7 Å². The van der Waals surface area contributed by atoms with Crippen LogP contribution in [-0.4, -0.2) is 26.2 Å². The highest BCUT2D eigenvalue weighted by atomic mass is 19.1. The second-order valence-electron chi connectivity index (χ2n) is 4.44. The summed E-state index contributed by atoms with van der Waals surface area (Å²) in [7, 11) is 1.57. The van der Waals surface area contributed by atoms with Gasteiger partial charge in [-0.25, -0.2) is 8.78 Å². The molecule has 0 fully saturated rings. The molecule has 0 bridgehead atoms. The van der Waals surface area contributed by atoms with Crippen molar-refractivity contribution in [2.45, 2.75) is 0 Å². The highest BCUT2D eigenvalue weighted by Gasteiger charge is 2.08. The Morgan fingerprint density at radius 2 is 1.64 bits per heavy atom. The number of nitrogens with one attached hydrogen (secondary N) is 1. The normalized spacial score (nSPS) is 10.1. The van der Waals surface area contributed by atoms with E-state index in [1.165, 1.54) is 0 Å². The summed E-state index contributed by atoms with van der Waals surface area (Å²) < 4.78 is 36.5. The fourth-order valence-electron chi connectivity index (χ4n) is 1.79. The molecule has 2 aromatic rings. The van der Waals surface area contributed by atoms with Crippen molar-refractivity contribution in [1.29, 1.82) is 0 Å². The number of ether oxygens (including phenoxy) is 2.